The van der Waals surface area contributed by atoms with E-state index in [1.807, 2.05) is 36.1 Å². The molecule has 1 amide bonds. The number of thioether (sulfide) groups is 1. The first kappa shape index (κ1) is 15.2. The van der Waals surface area contributed by atoms with Gasteiger partial charge in [0.2, 0.25) is 5.91 Å². The van der Waals surface area contributed by atoms with Crippen molar-refractivity contribution in [3.8, 4) is 5.75 Å². The van der Waals surface area contributed by atoms with Crippen LogP contribution >= 0.6 is 11.8 Å². The van der Waals surface area contributed by atoms with Crippen LogP contribution in [0.4, 0.5) is 0 Å². The largest absolute Gasteiger partial charge is 0.494 e. The lowest BCUT2D eigenvalue weighted by Crippen LogP contribution is -2.40. The third-order valence-electron chi connectivity index (χ3n) is 3.31. The smallest absolute Gasteiger partial charge is 0.232 e. The van der Waals surface area contributed by atoms with Gasteiger partial charge >= 0.3 is 0 Å². The maximum atomic E-state index is 12.0. The lowest BCUT2D eigenvalue weighted by molar-refractivity contribution is -0.130. The summed E-state index contributed by atoms with van der Waals surface area (Å²) in [5, 5.41) is 9.43. The first-order valence-corrected chi connectivity index (χ1v) is 7.99. The molecular formula is C15H21NO3S. The molecule has 1 aliphatic heterocycles. The molecule has 1 aromatic rings. The molecule has 0 atom stereocenters. The molecule has 0 aromatic heterocycles. The Labute approximate surface area is 124 Å². The number of carbonyl (C=O) groups is 1. The number of nitrogens with zero attached hydrogens (tertiary/aromatic N) is 1. The average Bonchev–Trinajstić information content (AvgIpc) is 2.47. The fraction of sp³-hybridized carbons (Fsp3) is 0.533. The molecular weight excluding hydrogens is 274 g/mol. The third kappa shape index (κ3) is 4.42. The van der Waals surface area contributed by atoms with Crippen LogP contribution in [0.1, 0.15) is 19.8 Å². The highest BCUT2D eigenvalue weighted by molar-refractivity contribution is 8.00. The summed E-state index contributed by atoms with van der Waals surface area (Å²) in [6.07, 6.45) is 1.15. The zero-order valence-corrected chi connectivity index (χ0v) is 12.6. The van der Waals surface area contributed by atoms with Gasteiger partial charge in [-0.1, -0.05) is 0 Å². The van der Waals surface area contributed by atoms with Crippen molar-refractivity contribution in [1.29, 1.82) is 0 Å². The number of hydrogen-bond donors (Lipinski definition) is 1. The molecule has 4 nitrogen and oxygen atoms in total. The molecule has 0 unspecified atom stereocenters. The van der Waals surface area contributed by atoms with Crippen LogP contribution in [-0.4, -0.2) is 47.5 Å². The zero-order chi connectivity index (χ0) is 14.4. The Morgan fingerprint density at radius 3 is 2.60 bits per heavy atom. The Morgan fingerprint density at radius 2 is 2.00 bits per heavy atom. The number of piperidine rings is 1. The number of likely N-dealkylation sites (tertiary alicyclic amines) is 1. The Morgan fingerprint density at radius 1 is 1.35 bits per heavy atom. The minimum Gasteiger partial charge on any atom is -0.494 e. The van der Waals surface area contributed by atoms with Gasteiger partial charge in [0.05, 0.1) is 18.5 Å². The Bertz CT molecular complexity index is 427. The summed E-state index contributed by atoms with van der Waals surface area (Å²) in [4.78, 5) is 15.0. The molecule has 5 heteroatoms. The van der Waals surface area contributed by atoms with Crippen LogP contribution in [0.15, 0.2) is 29.2 Å². The van der Waals surface area contributed by atoms with E-state index in [2.05, 4.69) is 0 Å². The zero-order valence-electron chi connectivity index (χ0n) is 11.7. The van der Waals surface area contributed by atoms with Crippen molar-refractivity contribution < 1.29 is 14.6 Å². The molecule has 1 heterocycles. The third-order valence-corrected chi connectivity index (χ3v) is 4.31. The highest BCUT2D eigenvalue weighted by Gasteiger charge is 2.20. The van der Waals surface area contributed by atoms with Gasteiger partial charge in [-0.05, 0) is 44.0 Å². The van der Waals surface area contributed by atoms with E-state index in [0.717, 1.165) is 10.6 Å². The van der Waals surface area contributed by atoms with Crippen LogP contribution in [0.5, 0.6) is 5.75 Å². The maximum absolute atomic E-state index is 12.0. The van der Waals surface area contributed by atoms with Gasteiger partial charge in [-0.3, -0.25) is 4.79 Å². The van der Waals surface area contributed by atoms with E-state index in [-0.39, 0.29) is 12.0 Å². The predicted octanol–water partition coefficient (Wildman–Crippen LogP) is 2.16. The quantitative estimate of drug-likeness (QED) is 0.846. The van der Waals surface area contributed by atoms with E-state index in [4.69, 9.17) is 4.74 Å². The van der Waals surface area contributed by atoms with Crippen LogP contribution in [0.25, 0.3) is 0 Å². The summed E-state index contributed by atoms with van der Waals surface area (Å²) < 4.78 is 5.38. The Hall–Kier alpha value is -1.20. The van der Waals surface area contributed by atoms with Crippen molar-refractivity contribution >= 4 is 17.7 Å². The second-order valence-corrected chi connectivity index (χ2v) is 5.85. The van der Waals surface area contributed by atoms with Gasteiger partial charge in [0, 0.05) is 18.0 Å². The van der Waals surface area contributed by atoms with E-state index in [0.29, 0.717) is 38.3 Å². The monoisotopic (exact) mass is 295 g/mol. The number of ether oxygens (including phenoxy) is 1. The Balaban J connectivity index is 1.78. The topological polar surface area (TPSA) is 49.8 Å². The van der Waals surface area contributed by atoms with Crippen molar-refractivity contribution in [2.24, 2.45) is 0 Å². The standard InChI is InChI=1S/C15H21NO3S/c1-2-19-13-3-5-14(6-4-13)20-11-15(18)16-9-7-12(17)8-10-16/h3-6,12,17H,2,7-11H2,1H3. The van der Waals surface area contributed by atoms with Crippen LogP contribution in [0, 0.1) is 0 Å². The molecule has 20 heavy (non-hydrogen) atoms. The van der Waals surface area contributed by atoms with Crippen molar-refractivity contribution in [2.45, 2.75) is 30.8 Å². The number of rotatable bonds is 5. The maximum Gasteiger partial charge on any atom is 0.232 e. The minimum atomic E-state index is -0.238. The van der Waals surface area contributed by atoms with E-state index >= 15 is 0 Å². The first-order valence-electron chi connectivity index (χ1n) is 7.00. The first-order chi connectivity index (χ1) is 9.69. The summed E-state index contributed by atoms with van der Waals surface area (Å²) >= 11 is 1.54. The van der Waals surface area contributed by atoms with Gasteiger partial charge in [-0.25, -0.2) is 0 Å². The highest BCUT2D eigenvalue weighted by Crippen LogP contribution is 2.22. The van der Waals surface area contributed by atoms with Crippen molar-refractivity contribution in [2.75, 3.05) is 25.4 Å². The van der Waals surface area contributed by atoms with E-state index < -0.39 is 0 Å². The molecule has 0 aliphatic carbocycles. The molecule has 1 aliphatic rings. The lowest BCUT2D eigenvalue weighted by atomic mass is 10.1. The molecule has 1 saturated heterocycles. The van der Waals surface area contributed by atoms with Crippen molar-refractivity contribution in [1.82, 2.24) is 4.90 Å². The van der Waals surface area contributed by atoms with E-state index in [1.165, 1.54) is 0 Å². The predicted molar refractivity (Wildman–Crippen MR) is 80.2 cm³/mol. The highest BCUT2D eigenvalue weighted by atomic mass is 32.2. The molecule has 0 radical (unpaired) electrons. The van der Waals surface area contributed by atoms with E-state index in [1.54, 1.807) is 11.8 Å². The molecule has 0 spiro atoms. The normalized spacial score (nSPS) is 16.2. The molecule has 1 aromatic carbocycles. The average molecular weight is 295 g/mol. The van der Waals surface area contributed by atoms with E-state index in [9.17, 15) is 9.90 Å². The van der Waals surface area contributed by atoms with Crippen molar-refractivity contribution in [3.05, 3.63) is 24.3 Å². The molecule has 0 bridgehead atoms. The number of aliphatic hydroxyl groups excluding tert-OH is 1. The van der Waals surface area contributed by atoms with Crippen LogP contribution in [0.2, 0.25) is 0 Å². The summed E-state index contributed by atoms with van der Waals surface area (Å²) in [6, 6.07) is 7.80. The number of aliphatic hydroxyl groups is 1. The second kappa shape index (κ2) is 7.55. The summed E-state index contributed by atoms with van der Waals surface area (Å²) in [5.41, 5.74) is 0. The molecule has 110 valence electrons. The van der Waals surface area contributed by atoms with Crippen LogP contribution in [-0.2, 0) is 4.79 Å². The van der Waals surface area contributed by atoms with Gasteiger partial charge in [-0.2, -0.15) is 0 Å². The number of amides is 1. The van der Waals surface area contributed by atoms with Gasteiger partial charge in [0.25, 0.3) is 0 Å². The second-order valence-electron chi connectivity index (χ2n) is 4.81. The molecule has 1 fully saturated rings. The molecule has 0 saturated carbocycles. The fourth-order valence-corrected chi connectivity index (χ4v) is 2.95. The number of hydrogen-bond acceptors (Lipinski definition) is 4. The molecule has 1 N–H and O–H groups in total. The number of benzene rings is 1. The summed E-state index contributed by atoms with van der Waals surface area (Å²) in [5.74, 6) is 1.45. The van der Waals surface area contributed by atoms with Gasteiger partial charge in [0.15, 0.2) is 0 Å². The van der Waals surface area contributed by atoms with Gasteiger partial charge in [0.1, 0.15) is 5.75 Å². The number of carbonyl (C=O) groups excluding carboxylic acids is 1. The molecule has 2 rings (SSSR count). The van der Waals surface area contributed by atoms with Gasteiger partial charge in [-0.15, -0.1) is 11.8 Å². The lowest BCUT2D eigenvalue weighted by Gasteiger charge is -2.29. The SMILES string of the molecule is CCOc1ccc(SCC(=O)N2CCC(O)CC2)cc1. The summed E-state index contributed by atoms with van der Waals surface area (Å²) in [7, 11) is 0. The fourth-order valence-electron chi connectivity index (χ4n) is 2.15. The summed E-state index contributed by atoms with van der Waals surface area (Å²) in [6.45, 7) is 3.95. The Kier molecular flexibility index (Phi) is 5.73. The minimum absolute atomic E-state index is 0.149. The van der Waals surface area contributed by atoms with Crippen LogP contribution < -0.4 is 4.74 Å². The van der Waals surface area contributed by atoms with Crippen molar-refractivity contribution in [3.63, 3.8) is 0 Å². The van der Waals surface area contributed by atoms with Gasteiger partial charge < -0.3 is 14.7 Å². The van der Waals surface area contributed by atoms with Crippen LogP contribution in [0.3, 0.4) is 0 Å².